The number of rotatable bonds is 6. The highest BCUT2D eigenvalue weighted by atomic mass is 16.6. The van der Waals surface area contributed by atoms with Crippen molar-refractivity contribution in [1.29, 1.82) is 0 Å². The van der Waals surface area contributed by atoms with Gasteiger partial charge in [0.1, 0.15) is 0 Å². The number of nitro groups is 1. The lowest BCUT2D eigenvalue weighted by Crippen LogP contribution is -2.28. The molecule has 7 heteroatoms. The highest BCUT2D eigenvalue weighted by Gasteiger charge is 2.33. The van der Waals surface area contributed by atoms with Gasteiger partial charge in [-0.2, -0.15) is 0 Å². The van der Waals surface area contributed by atoms with Crippen LogP contribution >= 0.6 is 0 Å². The summed E-state index contributed by atoms with van der Waals surface area (Å²) in [6, 6.07) is 2.50. The number of aromatic carboxylic acids is 1. The highest BCUT2D eigenvalue weighted by Crippen LogP contribution is 2.35. The lowest BCUT2D eigenvalue weighted by atomic mass is 10.3. The minimum Gasteiger partial charge on any atom is -0.477 e. The van der Waals surface area contributed by atoms with Gasteiger partial charge in [0.2, 0.25) is 5.82 Å². The van der Waals surface area contributed by atoms with Gasteiger partial charge in [0.05, 0.1) is 4.92 Å². The number of carbonyl (C=O) groups is 1. The molecule has 100 valence electrons. The number of pyridine rings is 1. The molecule has 0 spiro atoms. The lowest BCUT2D eigenvalue weighted by molar-refractivity contribution is -0.384. The van der Waals surface area contributed by atoms with Crippen LogP contribution in [-0.2, 0) is 0 Å². The SMILES string of the molecule is C=CCN(c1nc(C(=O)O)ccc1[N+](=O)[O-])C1CC1. The Morgan fingerprint density at radius 1 is 1.63 bits per heavy atom. The second-order valence-corrected chi connectivity index (χ2v) is 4.27. The van der Waals surface area contributed by atoms with E-state index in [4.69, 9.17) is 5.11 Å². The zero-order chi connectivity index (χ0) is 14.0. The van der Waals surface area contributed by atoms with Gasteiger partial charge in [0.15, 0.2) is 5.69 Å². The summed E-state index contributed by atoms with van der Waals surface area (Å²) < 4.78 is 0. The monoisotopic (exact) mass is 263 g/mol. The van der Waals surface area contributed by atoms with E-state index in [0.29, 0.717) is 6.54 Å². The third-order valence-corrected chi connectivity index (χ3v) is 2.86. The van der Waals surface area contributed by atoms with Crippen molar-refractivity contribution in [2.24, 2.45) is 0 Å². The highest BCUT2D eigenvalue weighted by molar-refractivity contribution is 5.86. The van der Waals surface area contributed by atoms with Crippen LogP contribution in [0.4, 0.5) is 11.5 Å². The fraction of sp³-hybridized carbons (Fsp3) is 0.333. The van der Waals surface area contributed by atoms with E-state index in [-0.39, 0.29) is 23.2 Å². The molecule has 2 rings (SSSR count). The molecule has 0 saturated heterocycles. The molecule has 1 saturated carbocycles. The van der Waals surface area contributed by atoms with Crippen LogP contribution in [0.25, 0.3) is 0 Å². The maximum Gasteiger partial charge on any atom is 0.354 e. The topological polar surface area (TPSA) is 96.6 Å². The van der Waals surface area contributed by atoms with Gasteiger partial charge in [0, 0.05) is 18.7 Å². The fourth-order valence-corrected chi connectivity index (χ4v) is 1.85. The average Bonchev–Trinajstić information content (AvgIpc) is 3.19. The van der Waals surface area contributed by atoms with Crippen LogP contribution in [0.1, 0.15) is 23.3 Å². The van der Waals surface area contributed by atoms with Crippen LogP contribution in [0.15, 0.2) is 24.8 Å². The normalized spacial score (nSPS) is 13.9. The van der Waals surface area contributed by atoms with Gasteiger partial charge >= 0.3 is 11.7 Å². The molecule has 1 heterocycles. The fourth-order valence-electron chi connectivity index (χ4n) is 1.85. The van der Waals surface area contributed by atoms with Gasteiger partial charge in [-0.25, -0.2) is 9.78 Å². The van der Waals surface area contributed by atoms with Gasteiger partial charge in [0.25, 0.3) is 0 Å². The summed E-state index contributed by atoms with van der Waals surface area (Å²) >= 11 is 0. The zero-order valence-corrected chi connectivity index (χ0v) is 10.2. The Kier molecular flexibility index (Phi) is 3.46. The van der Waals surface area contributed by atoms with E-state index in [2.05, 4.69) is 11.6 Å². The Labute approximate surface area is 109 Å². The van der Waals surface area contributed by atoms with E-state index < -0.39 is 10.9 Å². The summed E-state index contributed by atoms with van der Waals surface area (Å²) in [5, 5.41) is 20.0. The maximum absolute atomic E-state index is 11.0. The first-order valence-corrected chi connectivity index (χ1v) is 5.81. The number of aromatic nitrogens is 1. The predicted molar refractivity (Wildman–Crippen MR) is 68.4 cm³/mol. The molecule has 19 heavy (non-hydrogen) atoms. The minimum atomic E-state index is -1.20. The zero-order valence-electron chi connectivity index (χ0n) is 10.2. The predicted octanol–water partition coefficient (Wildman–Crippen LogP) is 1.84. The number of carboxylic acids is 1. The summed E-state index contributed by atoms with van der Waals surface area (Å²) in [4.78, 5) is 27.0. The largest absolute Gasteiger partial charge is 0.477 e. The Balaban J connectivity index is 2.48. The van der Waals surface area contributed by atoms with Crippen LogP contribution in [0.2, 0.25) is 0 Å². The van der Waals surface area contributed by atoms with Crippen molar-refractivity contribution in [1.82, 2.24) is 4.98 Å². The molecule has 0 amide bonds. The summed E-state index contributed by atoms with van der Waals surface area (Å²) in [6.07, 6.45) is 3.46. The Hall–Kier alpha value is -2.44. The van der Waals surface area contributed by atoms with Gasteiger partial charge < -0.3 is 10.0 Å². The van der Waals surface area contributed by atoms with Crippen LogP contribution in [0, 0.1) is 10.1 Å². The molecule has 1 aliphatic rings. The molecule has 0 aromatic carbocycles. The smallest absolute Gasteiger partial charge is 0.354 e. The van der Waals surface area contributed by atoms with E-state index in [9.17, 15) is 14.9 Å². The molecule has 0 aliphatic heterocycles. The second kappa shape index (κ2) is 5.05. The molecule has 7 nitrogen and oxygen atoms in total. The molecule has 1 aromatic rings. The van der Waals surface area contributed by atoms with Crippen molar-refractivity contribution < 1.29 is 14.8 Å². The van der Waals surface area contributed by atoms with E-state index in [1.165, 1.54) is 6.07 Å². The molecular weight excluding hydrogens is 250 g/mol. The number of hydrogen-bond acceptors (Lipinski definition) is 5. The van der Waals surface area contributed by atoms with Crippen molar-refractivity contribution >= 4 is 17.5 Å². The Morgan fingerprint density at radius 2 is 2.32 bits per heavy atom. The van der Waals surface area contributed by atoms with Gasteiger partial charge in [-0.15, -0.1) is 6.58 Å². The molecule has 1 aromatic heterocycles. The number of anilines is 1. The molecule has 0 radical (unpaired) electrons. The van der Waals surface area contributed by atoms with Gasteiger partial charge in [-0.05, 0) is 18.9 Å². The van der Waals surface area contributed by atoms with Gasteiger partial charge in [-0.3, -0.25) is 10.1 Å². The molecule has 1 fully saturated rings. The number of carboxylic acid groups (broad SMARTS) is 1. The summed E-state index contributed by atoms with van der Waals surface area (Å²) in [7, 11) is 0. The van der Waals surface area contributed by atoms with E-state index in [0.717, 1.165) is 18.9 Å². The van der Waals surface area contributed by atoms with Crippen LogP contribution in [-0.4, -0.2) is 33.6 Å². The van der Waals surface area contributed by atoms with E-state index in [1.54, 1.807) is 11.0 Å². The third-order valence-electron chi connectivity index (χ3n) is 2.86. The molecule has 1 N–H and O–H groups in total. The summed E-state index contributed by atoms with van der Waals surface area (Å²) in [6.45, 7) is 4.02. The van der Waals surface area contributed by atoms with E-state index in [1.807, 2.05) is 0 Å². The first-order chi connectivity index (χ1) is 9.04. The average molecular weight is 263 g/mol. The van der Waals surface area contributed by atoms with Crippen molar-refractivity contribution in [3.63, 3.8) is 0 Å². The molecular formula is C12H13N3O4. The van der Waals surface area contributed by atoms with Gasteiger partial charge in [-0.1, -0.05) is 6.08 Å². The number of nitrogens with zero attached hydrogens (tertiary/aromatic N) is 3. The van der Waals surface area contributed by atoms with Crippen molar-refractivity contribution in [2.75, 3.05) is 11.4 Å². The minimum absolute atomic E-state index is 0.104. The quantitative estimate of drug-likeness (QED) is 0.478. The second-order valence-electron chi connectivity index (χ2n) is 4.27. The van der Waals surface area contributed by atoms with Crippen LogP contribution in [0.3, 0.4) is 0 Å². The third kappa shape index (κ3) is 2.70. The summed E-state index contributed by atoms with van der Waals surface area (Å²) in [5.74, 6) is -1.10. The first-order valence-electron chi connectivity index (χ1n) is 5.81. The van der Waals surface area contributed by atoms with E-state index >= 15 is 0 Å². The first kappa shape index (κ1) is 13.0. The maximum atomic E-state index is 11.0. The van der Waals surface area contributed by atoms with Crippen molar-refractivity contribution in [3.8, 4) is 0 Å². The molecule has 0 atom stereocenters. The van der Waals surface area contributed by atoms with Crippen LogP contribution in [0.5, 0.6) is 0 Å². The Bertz CT molecular complexity index is 540. The lowest BCUT2D eigenvalue weighted by Gasteiger charge is -2.21. The van der Waals surface area contributed by atoms with Crippen molar-refractivity contribution in [2.45, 2.75) is 18.9 Å². The Morgan fingerprint density at radius 3 is 2.79 bits per heavy atom. The standard InChI is InChI=1S/C12H13N3O4/c1-2-7-14(8-3-4-8)11-10(15(18)19)6-5-9(13-11)12(16)17/h2,5-6,8H,1,3-4,7H2,(H,16,17). The summed E-state index contributed by atoms with van der Waals surface area (Å²) in [5.41, 5.74) is -0.380. The molecule has 1 aliphatic carbocycles. The number of hydrogen-bond donors (Lipinski definition) is 1. The van der Waals surface area contributed by atoms with Crippen molar-refractivity contribution in [3.05, 3.63) is 40.6 Å². The molecule has 0 bridgehead atoms. The van der Waals surface area contributed by atoms with Crippen LogP contribution < -0.4 is 4.90 Å². The molecule has 0 unspecified atom stereocenters.